The lowest BCUT2D eigenvalue weighted by molar-refractivity contribution is -0.233. The van der Waals surface area contributed by atoms with Gasteiger partial charge >= 0.3 is 11.9 Å². The highest BCUT2D eigenvalue weighted by atomic mass is 16.5. The van der Waals surface area contributed by atoms with Crippen molar-refractivity contribution in [2.45, 2.75) is 125 Å². The Bertz CT molecular complexity index is 1170. The summed E-state index contributed by atoms with van der Waals surface area (Å²) in [5.41, 5.74) is -0.387. The predicted octanol–water partition coefficient (Wildman–Crippen LogP) is 6.97. The largest absolute Gasteiger partial charge is 0.481 e. The molecule has 5 fully saturated rings. The van der Waals surface area contributed by atoms with Crippen LogP contribution in [0, 0.1) is 67.5 Å². The molecule has 2 bridgehead atoms. The number of ketones is 1. The molecule has 0 amide bonds. The minimum atomic E-state index is -1.07. The van der Waals surface area contributed by atoms with Gasteiger partial charge in [-0.2, -0.15) is 5.26 Å². The molecule has 1 N–H and O–H groups in total. The van der Waals surface area contributed by atoms with E-state index in [0.717, 1.165) is 32.3 Å². The first-order chi connectivity index (χ1) is 19.5. The number of aliphatic carboxylic acids is 1. The molecule has 234 valence electrons. The molecule has 0 aromatic rings. The lowest BCUT2D eigenvalue weighted by atomic mass is 9.32. The minimum Gasteiger partial charge on any atom is -0.481 e. The van der Waals surface area contributed by atoms with Gasteiger partial charge in [0.05, 0.1) is 31.6 Å². The van der Waals surface area contributed by atoms with Crippen molar-refractivity contribution < 1.29 is 29.0 Å². The normalized spacial score (nSPS) is 43.7. The Morgan fingerprint density at radius 3 is 2.31 bits per heavy atom. The van der Waals surface area contributed by atoms with Crippen LogP contribution in [-0.4, -0.2) is 42.1 Å². The summed E-state index contributed by atoms with van der Waals surface area (Å²) in [5.74, 6) is -0.367. The van der Waals surface area contributed by atoms with Crippen molar-refractivity contribution in [2.75, 3.05) is 13.2 Å². The zero-order valence-electron chi connectivity index (χ0n) is 27.0. The lowest BCUT2D eigenvalue weighted by Gasteiger charge is -2.72. The van der Waals surface area contributed by atoms with Crippen LogP contribution in [0.4, 0.5) is 0 Å². The van der Waals surface area contributed by atoms with Crippen molar-refractivity contribution >= 4 is 17.7 Å². The molecule has 1 saturated heterocycles. The highest BCUT2D eigenvalue weighted by molar-refractivity contribution is 5.87. The van der Waals surface area contributed by atoms with Crippen molar-refractivity contribution in [3.8, 4) is 6.07 Å². The van der Waals surface area contributed by atoms with E-state index in [2.05, 4.69) is 40.7 Å². The van der Waals surface area contributed by atoms with Crippen LogP contribution < -0.4 is 0 Å². The Kier molecular flexibility index (Phi) is 7.73. The van der Waals surface area contributed by atoms with E-state index in [-0.39, 0.29) is 52.8 Å². The van der Waals surface area contributed by atoms with Crippen LogP contribution in [-0.2, 0) is 23.9 Å². The van der Waals surface area contributed by atoms with Crippen molar-refractivity contribution in [2.24, 2.45) is 56.2 Å². The van der Waals surface area contributed by atoms with E-state index < -0.39 is 17.4 Å². The number of Topliss-reactive ketones (excluding diaryl/α,β-unsaturated/α-hetero) is 1. The number of ether oxygens (including phenoxy) is 2. The Balaban J connectivity index is 1.41. The van der Waals surface area contributed by atoms with E-state index in [4.69, 9.17) is 14.6 Å². The van der Waals surface area contributed by atoms with Gasteiger partial charge in [0, 0.05) is 11.8 Å². The molecule has 7 heteroatoms. The maximum atomic E-state index is 13.6. The fourth-order valence-corrected chi connectivity index (χ4v) is 11.7. The van der Waals surface area contributed by atoms with Crippen LogP contribution in [0.1, 0.15) is 119 Å². The lowest BCUT2D eigenvalue weighted by Crippen LogP contribution is -2.66. The number of carboxylic acid groups (broad SMARTS) is 1. The van der Waals surface area contributed by atoms with Gasteiger partial charge in [-0.3, -0.25) is 14.4 Å². The molecule has 0 aromatic heterocycles. The Morgan fingerprint density at radius 1 is 0.952 bits per heavy atom. The fraction of sp³-hybridized carbons (Fsp3) is 0.886. The predicted molar refractivity (Wildman–Crippen MR) is 158 cm³/mol. The molecule has 1 aliphatic heterocycles. The topological polar surface area (TPSA) is 114 Å². The smallest absolute Gasteiger partial charge is 0.306 e. The summed E-state index contributed by atoms with van der Waals surface area (Å²) in [4.78, 5) is 36.5. The number of fused-ring (bicyclic) bond motifs is 3. The average molecular weight is 584 g/mol. The number of nitriles is 1. The third-order valence-electron chi connectivity index (χ3n) is 14.4. The maximum Gasteiger partial charge on any atom is 0.306 e. The van der Waals surface area contributed by atoms with E-state index in [1.54, 1.807) is 0 Å². The van der Waals surface area contributed by atoms with Gasteiger partial charge in [0.1, 0.15) is 0 Å². The molecular formula is C35H53NO6. The van der Waals surface area contributed by atoms with Gasteiger partial charge in [0.15, 0.2) is 12.4 Å². The van der Waals surface area contributed by atoms with E-state index in [1.807, 2.05) is 13.8 Å². The Morgan fingerprint density at radius 2 is 1.64 bits per heavy atom. The SMILES string of the molecule is CC1(C)CC[C@]23CC[C@]4(C)[C@H](CC[C@@H]5[C@@](C)(CC#N)[C@H](C(C)(C)C(=O)COC(=O)CCC(=O)O)CC[C@]54C)[C@H]2[C@H]1OC3. The molecule has 4 saturated carbocycles. The average Bonchev–Trinajstić information content (AvgIpc) is 3.25. The third kappa shape index (κ3) is 4.48. The minimum absolute atomic E-state index is 0.0174. The second-order valence-corrected chi connectivity index (χ2v) is 16.8. The van der Waals surface area contributed by atoms with Crippen LogP contribution in [0.2, 0.25) is 0 Å². The monoisotopic (exact) mass is 583 g/mol. The molecule has 5 aliphatic rings. The van der Waals surface area contributed by atoms with E-state index in [9.17, 15) is 19.6 Å². The first kappa shape index (κ1) is 31.5. The molecule has 7 nitrogen and oxygen atoms in total. The van der Waals surface area contributed by atoms with Gasteiger partial charge < -0.3 is 14.6 Å². The van der Waals surface area contributed by atoms with Crippen LogP contribution in [0.5, 0.6) is 0 Å². The summed E-state index contributed by atoms with van der Waals surface area (Å²) in [7, 11) is 0. The van der Waals surface area contributed by atoms with Gasteiger partial charge in [-0.05, 0) is 102 Å². The number of rotatable bonds is 8. The van der Waals surface area contributed by atoms with Crippen molar-refractivity contribution in [3.05, 3.63) is 0 Å². The zero-order chi connectivity index (χ0) is 30.9. The Labute approximate surface area is 252 Å². The first-order valence-electron chi connectivity index (χ1n) is 16.4. The Hall–Kier alpha value is -1.94. The quantitative estimate of drug-likeness (QED) is 0.307. The second kappa shape index (κ2) is 10.3. The van der Waals surface area contributed by atoms with Crippen molar-refractivity contribution in [3.63, 3.8) is 0 Å². The number of carbonyl (C=O) groups excluding carboxylic acids is 2. The van der Waals surface area contributed by atoms with E-state index >= 15 is 0 Å². The zero-order valence-corrected chi connectivity index (χ0v) is 27.0. The number of esters is 1. The van der Waals surface area contributed by atoms with Crippen LogP contribution >= 0.6 is 0 Å². The number of carbonyl (C=O) groups is 3. The number of nitrogens with zero attached hydrogens (tertiary/aromatic N) is 1. The molecule has 1 heterocycles. The number of hydrogen-bond acceptors (Lipinski definition) is 6. The second-order valence-electron chi connectivity index (χ2n) is 16.8. The summed E-state index contributed by atoms with van der Waals surface area (Å²) < 4.78 is 11.9. The fourth-order valence-electron chi connectivity index (χ4n) is 11.7. The molecule has 42 heavy (non-hydrogen) atoms. The third-order valence-corrected chi connectivity index (χ3v) is 14.4. The molecular weight excluding hydrogens is 530 g/mol. The first-order valence-corrected chi connectivity index (χ1v) is 16.4. The summed E-state index contributed by atoms with van der Waals surface area (Å²) >= 11 is 0. The molecule has 9 atom stereocenters. The number of carboxylic acids is 1. The van der Waals surface area contributed by atoms with Crippen LogP contribution in [0.25, 0.3) is 0 Å². The molecule has 0 aromatic carbocycles. The van der Waals surface area contributed by atoms with Gasteiger partial charge in [-0.25, -0.2) is 0 Å². The molecule has 0 radical (unpaired) electrons. The van der Waals surface area contributed by atoms with E-state index in [0.29, 0.717) is 35.7 Å². The van der Waals surface area contributed by atoms with Gasteiger partial charge in [0.2, 0.25) is 0 Å². The highest BCUT2D eigenvalue weighted by Crippen LogP contribution is 2.77. The molecule has 5 rings (SSSR count). The standard InChI is InChI=1S/C35H53NO6/c1-30(2)14-16-35-17-15-33(6)22(28(35)29(30)42-21-35)8-9-24-32(5,18-19-36)23(12-13-34(24,33)7)31(3,4)25(37)20-41-27(40)11-10-26(38)39/h22-24,28-29H,8-18,20-21H2,1-7H3,(H,38,39)/t22-,23+,24-,28+,29-,32+,33-,34-,35-/m1/s1. The van der Waals surface area contributed by atoms with Crippen molar-refractivity contribution in [1.82, 2.24) is 0 Å². The van der Waals surface area contributed by atoms with Crippen molar-refractivity contribution in [1.29, 1.82) is 5.26 Å². The maximum absolute atomic E-state index is 13.6. The molecule has 0 unspecified atom stereocenters. The van der Waals surface area contributed by atoms with Crippen LogP contribution in [0.3, 0.4) is 0 Å². The van der Waals surface area contributed by atoms with Crippen LogP contribution in [0.15, 0.2) is 0 Å². The number of hydrogen-bond donors (Lipinski definition) is 1. The van der Waals surface area contributed by atoms with Gasteiger partial charge in [0.25, 0.3) is 0 Å². The van der Waals surface area contributed by atoms with Gasteiger partial charge in [-0.1, -0.05) is 48.5 Å². The summed E-state index contributed by atoms with van der Waals surface area (Å²) in [6.07, 6.45) is 9.25. The van der Waals surface area contributed by atoms with E-state index in [1.165, 1.54) is 25.7 Å². The van der Waals surface area contributed by atoms with Gasteiger partial charge in [-0.15, -0.1) is 0 Å². The summed E-state index contributed by atoms with van der Waals surface area (Å²) in [6, 6.07) is 2.54. The molecule has 4 aliphatic carbocycles. The summed E-state index contributed by atoms with van der Waals surface area (Å²) in [6.45, 7) is 16.6. The summed E-state index contributed by atoms with van der Waals surface area (Å²) in [5, 5.41) is 19.0. The molecule has 0 spiro atoms. The highest BCUT2D eigenvalue weighted by Gasteiger charge is 2.72.